The van der Waals surface area contributed by atoms with Crippen LogP contribution in [-0.4, -0.2) is 44.9 Å². The fourth-order valence-electron chi connectivity index (χ4n) is 2.45. The number of carbonyl (C=O) groups is 1. The SMILES string of the molecule is CCN(CC(=O)NC(C)C)Cc1nc(N)nc(Nc2ccccc2C)n1. The fraction of sp³-hybridized carbons (Fsp3) is 0.444. The maximum Gasteiger partial charge on any atom is 0.234 e. The molecule has 0 unspecified atom stereocenters. The van der Waals surface area contributed by atoms with Crippen LogP contribution in [0.3, 0.4) is 0 Å². The molecule has 2 aromatic rings. The van der Waals surface area contributed by atoms with Crippen LogP contribution in [0.2, 0.25) is 0 Å². The van der Waals surface area contributed by atoms with E-state index in [1.807, 2.05) is 56.9 Å². The Morgan fingerprint density at radius 3 is 2.62 bits per heavy atom. The van der Waals surface area contributed by atoms with Gasteiger partial charge < -0.3 is 16.4 Å². The lowest BCUT2D eigenvalue weighted by molar-refractivity contribution is -0.122. The predicted octanol–water partition coefficient (Wildman–Crippen LogP) is 1.85. The molecule has 0 atom stereocenters. The van der Waals surface area contributed by atoms with Gasteiger partial charge in [-0.15, -0.1) is 0 Å². The van der Waals surface area contributed by atoms with Crippen molar-refractivity contribution in [1.82, 2.24) is 25.2 Å². The maximum atomic E-state index is 12.0. The molecule has 140 valence electrons. The van der Waals surface area contributed by atoms with Gasteiger partial charge in [-0.05, 0) is 38.9 Å². The lowest BCUT2D eigenvalue weighted by Gasteiger charge is -2.20. The number of nitrogens with one attached hydrogen (secondary N) is 2. The molecule has 0 aliphatic rings. The first-order valence-corrected chi connectivity index (χ1v) is 8.72. The van der Waals surface area contributed by atoms with Crippen molar-refractivity contribution in [2.45, 2.75) is 40.3 Å². The number of aryl methyl sites for hydroxylation is 1. The molecule has 0 saturated carbocycles. The first-order valence-electron chi connectivity index (χ1n) is 8.72. The second kappa shape index (κ2) is 9.10. The van der Waals surface area contributed by atoms with Gasteiger partial charge in [0.25, 0.3) is 0 Å². The summed E-state index contributed by atoms with van der Waals surface area (Å²) in [5.74, 6) is 1.04. The summed E-state index contributed by atoms with van der Waals surface area (Å²) < 4.78 is 0. The largest absolute Gasteiger partial charge is 0.368 e. The molecule has 0 fully saturated rings. The summed E-state index contributed by atoms with van der Waals surface area (Å²) in [6, 6.07) is 7.96. The smallest absolute Gasteiger partial charge is 0.234 e. The van der Waals surface area contributed by atoms with Crippen molar-refractivity contribution in [2.24, 2.45) is 0 Å². The number of aromatic nitrogens is 3. The number of para-hydroxylation sites is 1. The highest BCUT2D eigenvalue weighted by Crippen LogP contribution is 2.18. The summed E-state index contributed by atoms with van der Waals surface area (Å²) in [6.45, 7) is 9.24. The summed E-state index contributed by atoms with van der Waals surface area (Å²) in [5, 5.41) is 6.06. The third kappa shape index (κ3) is 5.96. The van der Waals surface area contributed by atoms with Crippen LogP contribution in [0.15, 0.2) is 24.3 Å². The minimum absolute atomic E-state index is 0.0258. The van der Waals surface area contributed by atoms with Crippen molar-refractivity contribution >= 4 is 23.5 Å². The molecule has 0 saturated heterocycles. The first-order chi connectivity index (χ1) is 12.4. The number of anilines is 3. The molecule has 8 nitrogen and oxygen atoms in total. The lowest BCUT2D eigenvalue weighted by Crippen LogP contribution is -2.40. The van der Waals surface area contributed by atoms with E-state index in [0.29, 0.717) is 24.9 Å². The van der Waals surface area contributed by atoms with Crippen LogP contribution in [0.25, 0.3) is 0 Å². The molecular weight excluding hydrogens is 330 g/mol. The molecule has 4 N–H and O–H groups in total. The summed E-state index contributed by atoms with van der Waals surface area (Å²) in [7, 11) is 0. The molecule has 2 rings (SSSR count). The molecule has 1 aromatic heterocycles. The molecule has 26 heavy (non-hydrogen) atoms. The number of carbonyl (C=O) groups excluding carboxylic acids is 1. The summed E-state index contributed by atoms with van der Waals surface area (Å²) in [6.07, 6.45) is 0. The minimum Gasteiger partial charge on any atom is -0.368 e. The predicted molar refractivity (Wildman–Crippen MR) is 103 cm³/mol. The van der Waals surface area contributed by atoms with Crippen molar-refractivity contribution in [2.75, 3.05) is 24.1 Å². The van der Waals surface area contributed by atoms with Gasteiger partial charge in [-0.1, -0.05) is 25.1 Å². The van der Waals surface area contributed by atoms with Gasteiger partial charge >= 0.3 is 0 Å². The standard InChI is InChI=1S/C18H27N7O/c1-5-25(11-16(26)20-12(2)3)10-15-22-17(19)24-18(23-15)21-14-9-7-6-8-13(14)4/h6-9,12H,5,10-11H2,1-4H3,(H,20,26)(H3,19,21,22,23,24). The van der Waals surface area contributed by atoms with Crippen molar-refractivity contribution in [3.8, 4) is 0 Å². The van der Waals surface area contributed by atoms with Gasteiger partial charge in [0.05, 0.1) is 13.1 Å². The van der Waals surface area contributed by atoms with E-state index < -0.39 is 0 Å². The number of amides is 1. The summed E-state index contributed by atoms with van der Waals surface area (Å²) in [4.78, 5) is 26.7. The highest BCUT2D eigenvalue weighted by Gasteiger charge is 2.13. The number of likely N-dealkylation sites (N-methyl/N-ethyl adjacent to an activating group) is 1. The Kier molecular flexibility index (Phi) is 6.85. The van der Waals surface area contributed by atoms with E-state index in [1.54, 1.807) is 0 Å². The number of nitrogens with zero attached hydrogens (tertiary/aromatic N) is 4. The van der Waals surface area contributed by atoms with Crippen LogP contribution in [0, 0.1) is 6.92 Å². The number of rotatable bonds is 8. The van der Waals surface area contributed by atoms with Crippen LogP contribution in [-0.2, 0) is 11.3 Å². The van der Waals surface area contributed by atoms with E-state index in [9.17, 15) is 4.79 Å². The highest BCUT2D eigenvalue weighted by molar-refractivity contribution is 5.78. The van der Waals surface area contributed by atoms with Gasteiger partial charge in [0.2, 0.25) is 17.8 Å². The topological polar surface area (TPSA) is 109 Å². The third-order valence-electron chi connectivity index (χ3n) is 3.72. The average molecular weight is 357 g/mol. The number of benzene rings is 1. The molecule has 1 amide bonds. The lowest BCUT2D eigenvalue weighted by atomic mass is 10.2. The van der Waals surface area contributed by atoms with E-state index in [4.69, 9.17) is 5.73 Å². The molecule has 1 heterocycles. The van der Waals surface area contributed by atoms with Crippen molar-refractivity contribution < 1.29 is 4.79 Å². The maximum absolute atomic E-state index is 12.0. The molecule has 1 aromatic carbocycles. The molecule has 0 bridgehead atoms. The van der Waals surface area contributed by atoms with Gasteiger partial charge in [0, 0.05) is 11.7 Å². The monoisotopic (exact) mass is 357 g/mol. The van der Waals surface area contributed by atoms with Crippen LogP contribution in [0.4, 0.5) is 17.6 Å². The molecule has 0 radical (unpaired) electrons. The van der Waals surface area contributed by atoms with Crippen molar-refractivity contribution in [3.05, 3.63) is 35.7 Å². The van der Waals surface area contributed by atoms with Gasteiger partial charge in [0.1, 0.15) is 5.82 Å². The van der Waals surface area contributed by atoms with Gasteiger partial charge in [0.15, 0.2) is 0 Å². The van der Waals surface area contributed by atoms with E-state index in [1.165, 1.54) is 0 Å². The summed E-state index contributed by atoms with van der Waals surface area (Å²) >= 11 is 0. The van der Waals surface area contributed by atoms with Gasteiger partial charge in [-0.3, -0.25) is 9.69 Å². The number of nitrogens with two attached hydrogens (primary N) is 1. The summed E-state index contributed by atoms with van der Waals surface area (Å²) in [5.41, 5.74) is 7.82. The Bertz CT molecular complexity index is 748. The van der Waals surface area contributed by atoms with Gasteiger partial charge in [-0.25, -0.2) is 0 Å². The van der Waals surface area contributed by atoms with E-state index >= 15 is 0 Å². The average Bonchev–Trinajstić information content (AvgIpc) is 2.55. The number of nitrogen functional groups attached to an aromatic ring is 1. The van der Waals surface area contributed by atoms with Crippen LogP contribution < -0.4 is 16.4 Å². The van der Waals surface area contributed by atoms with E-state index in [-0.39, 0.29) is 24.4 Å². The Morgan fingerprint density at radius 1 is 1.23 bits per heavy atom. The highest BCUT2D eigenvalue weighted by atomic mass is 16.2. The molecule has 0 spiro atoms. The first kappa shape index (κ1) is 19.6. The number of hydrogen-bond acceptors (Lipinski definition) is 7. The Hall–Kier alpha value is -2.74. The van der Waals surface area contributed by atoms with E-state index in [0.717, 1.165) is 11.3 Å². The Balaban J connectivity index is 2.10. The zero-order chi connectivity index (χ0) is 19.1. The molecular formula is C18H27N7O. The second-order valence-corrected chi connectivity index (χ2v) is 6.40. The van der Waals surface area contributed by atoms with Gasteiger partial charge in [-0.2, -0.15) is 15.0 Å². The molecule has 0 aliphatic carbocycles. The molecule has 8 heteroatoms. The van der Waals surface area contributed by atoms with Crippen LogP contribution in [0.1, 0.15) is 32.2 Å². The minimum atomic E-state index is -0.0258. The third-order valence-corrected chi connectivity index (χ3v) is 3.72. The number of hydrogen-bond donors (Lipinski definition) is 3. The van der Waals surface area contributed by atoms with Crippen molar-refractivity contribution in [3.63, 3.8) is 0 Å². The zero-order valence-electron chi connectivity index (χ0n) is 15.8. The zero-order valence-corrected chi connectivity index (χ0v) is 15.8. The van der Waals surface area contributed by atoms with Crippen LogP contribution >= 0.6 is 0 Å². The molecule has 0 aliphatic heterocycles. The van der Waals surface area contributed by atoms with Crippen molar-refractivity contribution in [1.29, 1.82) is 0 Å². The van der Waals surface area contributed by atoms with E-state index in [2.05, 4.69) is 25.6 Å². The fourth-order valence-corrected chi connectivity index (χ4v) is 2.45. The Labute approximate surface area is 154 Å². The quantitative estimate of drug-likeness (QED) is 0.661. The normalized spacial score (nSPS) is 11.0. The second-order valence-electron chi connectivity index (χ2n) is 6.40. The van der Waals surface area contributed by atoms with Crippen LogP contribution in [0.5, 0.6) is 0 Å². The Morgan fingerprint density at radius 2 is 1.96 bits per heavy atom.